The van der Waals surface area contributed by atoms with E-state index in [1.165, 1.54) is 0 Å². The fraction of sp³-hybridized carbons (Fsp3) is 0.600. The van der Waals surface area contributed by atoms with Crippen LogP contribution in [0.5, 0.6) is 0 Å². The Balaban J connectivity index is -0.00000127. The van der Waals surface area contributed by atoms with E-state index in [9.17, 15) is 9.59 Å². The summed E-state index contributed by atoms with van der Waals surface area (Å²) in [5, 5.41) is 3.92. The largest absolute Gasteiger partial charge is 1.00 e. The number of ether oxygens (including phenoxy) is 2. The SMILES string of the molecule is C.CC.CC(C)CC(=O)OCCCOCC(=O)[N-]Cc1ccccc1.[Rb+]. The molecule has 1 aromatic rings. The minimum Gasteiger partial charge on any atom is -0.648 e. The van der Waals surface area contributed by atoms with E-state index in [0.29, 0.717) is 38.5 Å². The second kappa shape index (κ2) is 21.2. The predicted octanol–water partition coefficient (Wildman–Crippen LogP) is 1.75. The van der Waals surface area contributed by atoms with E-state index in [0.717, 1.165) is 5.56 Å². The summed E-state index contributed by atoms with van der Waals surface area (Å²) in [6, 6.07) is 9.58. The molecule has 5 nitrogen and oxygen atoms in total. The van der Waals surface area contributed by atoms with Gasteiger partial charge in [-0.05, 0) is 5.92 Å². The first-order chi connectivity index (χ1) is 11.6. The van der Waals surface area contributed by atoms with Crippen LogP contribution in [0.2, 0.25) is 0 Å². The summed E-state index contributed by atoms with van der Waals surface area (Å²) in [4.78, 5) is 22.8. The molecule has 26 heavy (non-hydrogen) atoms. The molecule has 144 valence electrons. The van der Waals surface area contributed by atoms with Crippen LogP contribution in [-0.2, 0) is 25.6 Å². The maximum atomic E-state index is 11.5. The maximum absolute atomic E-state index is 11.5. The van der Waals surface area contributed by atoms with Gasteiger partial charge in [-0.1, -0.05) is 71.0 Å². The van der Waals surface area contributed by atoms with Crippen molar-refractivity contribution in [2.24, 2.45) is 5.92 Å². The van der Waals surface area contributed by atoms with Crippen LogP contribution in [0.4, 0.5) is 0 Å². The topological polar surface area (TPSA) is 66.7 Å². The summed E-state index contributed by atoms with van der Waals surface area (Å²) in [6.45, 7) is 8.97. The van der Waals surface area contributed by atoms with Gasteiger partial charge in [0.2, 0.25) is 0 Å². The van der Waals surface area contributed by atoms with Crippen LogP contribution in [0, 0.1) is 5.92 Å². The Bertz CT molecular complexity index is 452. The molecular weight excluding hydrogens is 404 g/mol. The minimum absolute atomic E-state index is 0. The predicted molar refractivity (Wildman–Crippen MR) is 102 cm³/mol. The number of hydrogen-bond acceptors (Lipinski definition) is 4. The second-order valence-corrected chi connectivity index (χ2v) is 5.42. The van der Waals surface area contributed by atoms with Gasteiger partial charge in [-0.25, -0.2) is 0 Å². The Morgan fingerprint density at radius 2 is 1.69 bits per heavy atom. The number of amides is 1. The monoisotopic (exact) mass is 437 g/mol. The van der Waals surface area contributed by atoms with E-state index >= 15 is 0 Å². The molecule has 6 heteroatoms. The zero-order valence-corrected chi connectivity index (χ0v) is 21.2. The average molecular weight is 438 g/mol. The van der Waals surface area contributed by atoms with Crippen molar-refractivity contribution < 1.29 is 77.3 Å². The van der Waals surface area contributed by atoms with Gasteiger partial charge in [-0.2, -0.15) is 0 Å². The van der Waals surface area contributed by atoms with Gasteiger partial charge in [-0.15, -0.1) is 6.54 Å². The summed E-state index contributed by atoms with van der Waals surface area (Å²) in [6.07, 6.45) is 1.01. The first-order valence-electron chi connectivity index (χ1n) is 8.55. The fourth-order valence-electron chi connectivity index (χ4n) is 1.71. The first kappa shape index (κ1) is 30.6. The third-order valence-corrected chi connectivity index (χ3v) is 2.78. The van der Waals surface area contributed by atoms with Crippen molar-refractivity contribution in [2.45, 2.75) is 54.5 Å². The van der Waals surface area contributed by atoms with Gasteiger partial charge in [0.15, 0.2) is 0 Å². The standard InChI is InChI=1S/C17H25NO4.C2H6.CH4.Rb/c1-14(2)11-17(20)22-10-6-9-21-13-16(19)18-12-15-7-4-3-5-8-15;1-2;;/h3-5,7-8,14H,6,9-13H2,1-2H3,(H,18,19);1-2H3;1H4;/q;;;+1/p-1. The number of esters is 1. The molecule has 1 aromatic carbocycles. The first-order valence-corrected chi connectivity index (χ1v) is 8.55. The average Bonchev–Trinajstić information content (AvgIpc) is 2.58. The van der Waals surface area contributed by atoms with Crippen LogP contribution < -0.4 is 58.2 Å². The Kier molecular flexibility index (Phi) is 25.0. The molecule has 0 N–H and O–H groups in total. The van der Waals surface area contributed by atoms with Crippen LogP contribution in [0.3, 0.4) is 0 Å². The molecule has 0 fully saturated rings. The van der Waals surface area contributed by atoms with Crippen LogP contribution in [-0.4, -0.2) is 31.7 Å². The number of nitrogens with zero attached hydrogens (tertiary/aromatic N) is 1. The van der Waals surface area contributed by atoms with Gasteiger partial charge in [0, 0.05) is 12.8 Å². The molecule has 0 bridgehead atoms. The van der Waals surface area contributed by atoms with Gasteiger partial charge in [-0.3, -0.25) is 4.79 Å². The molecule has 1 amide bonds. The molecule has 0 aromatic heterocycles. The number of hydrogen-bond donors (Lipinski definition) is 0. The summed E-state index contributed by atoms with van der Waals surface area (Å²) in [5.41, 5.74) is 0.993. The molecule has 0 saturated heterocycles. The van der Waals surface area contributed by atoms with Gasteiger partial charge < -0.3 is 19.6 Å². The molecule has 0 atom stereocenters. The number of rotatable bonds is 10. The summed E-state index contributed by atoms with van der Waals surface area (Å²) in [7, 11) is 0. The summed E-state index contributed by atoms with van der Waals surface area (Å²) < 4.78 is 10.3. The molecular formula is C20H34NO4Rb. The van der Waals surface area contributed by atoms with Crippen molar-refractivity contribution in [3.63, 3.8) is 0 Å². The Hall–Kier alpha value is -0.0748. The van der Waals surface area contributed by atoms with E-state index in [4.69, 9.17) is 9.47 Å². The van der Waals surface area contributed by atoms with Crippen LogP contribution in [0.15, 0.2) is 30.3 Å². The van der Waals surface area contributed by atoms with Crippen molar-refractivity contribution in [2.75, 3.05) is 19.8 Å². The van der Waals surface area contributed by atoms with Crippen molar-refractivity contribution in [3.05, 3.63) is 41.2 Å². The molecule has 0 aliphatic carbocycles. The molecule has 0 spiro atoms. The minimum atomic E-state index is -0.277. The zero-order chi connectivity index (χ0) is 18.2. The second-order valence-electron chi connectivity index (χ2n) is 5.42. The van der Waals surface area contributed by atoms with Crippen molar-refractivity contribution in [1.29, 1.82) is 0 Å². The van der Waals surface area contributed by atoms with Crippen LogP contribution in [0.1, 0.15) is 53.5 Å². The van der Waals surface area contributed by atoms with E-state index in [-0.39, 0.29) is 84.1 Å². The molecule has 0 aliphatic heterocycles. The van der Waals surface area contributed by atoms with E-state index in [1.54, 1.807) is 0 Å². The van der Waals surface area contributed by atoms with Gasteiger partial charge in [0.05, 0.1) is 25.7 Å². The number of benzene rings is 1. The van der Waals surface area contributed by atoms with Crippen LogP contribution >= 0.6 is 0 Å². The van der Waals surface area contributed by atoms with Gasteiger partial charge in [0.25, 0.3) is 0 Å². The van der Waals surface area contributed by atoms with Gasteiger partial charge >= 0.3 is 64.2 Å². The molecule has 0 aliphatic rings. The normalized spacial score (nSPS) is 9.12. The van der Waals surface area contributed by atoms with E-state index in [1.807, 2.05) is 58.0 Å². The maximum Gasteiger partial charge on any atom is 1.00 e. The van der Waals surface area contributed by atoms with E-state index in [2.05, 4.69) is 5.32 Å². The summed E-state index contributed by atoms with van der Waals surface area (Å²) in [5.74, 6) is -0.169. The van der Waals surface area contributed by atoms with E-state index < -0.39 is 0 Å². The Morgan fingerprint density at radius 1 is 1.08 bits per heavy atom. The summed E-state index contributed by atoms with van der Waals surface area (Å²) >= 11 is 0. The molecule has 0 unspecified atom stereocenters. The van der Waals surface area contributed by atoms with Crippen LogP contribution in [0.25, 0.3) is 5.32 Å². The number of carbonyl (C=O) groups is 2. The molecule has 1 rings (SSSR count). The Morgan fingerprint density at radius 3 is 2.27 bits per heavy atom. The van der Waals surface area contributed by atoms with Crippen molar-refractivity contribution in [3.8, 4) is 0 Å². The Labute approximate surface area is 208 Å². The number of carbonyl (C=O) groups excluding carboxylic acids is 2. The van der Waals surface area contributed by atoms with Crippen molar-refractivity contribution >= 4 is 11.9 Å². The van der Waals surface area contributed by atoms with Crippen molar-refractivity contribution in [1.82, 2.24) is 0 Å². The quantitative estimate of drug-likeness (QED) is 0.413. The zero-order valence-electron chi connectivity index (χ0n) is 16.3. The van der Waals surface area contributed by atoms with Gasteiger partial charge in [0.1, 0.15) is 0 Å². The third-order valence-electron chi connectivity index (χ3n) is 2.78. The molecule has 0 saturated carbocycles. The third kappa shape index (κ3) is 18.7. The smallest absolute Gasteiger partial charge is 0.648 e. The molecule has 0 heterocycles. The fourth-order valence-corrected chi connectivity index (χ4v) is 1.71. The molecule has 0 radical (unpaired) electrons.